The Hall–Kier alpha value is -6.39. The summed E-state index contributed by atoms with van der Waals surface area (Å²) in [4.78, 5) is 14.0. The van der Waals surface area contributed by atoms with Gasteiger partial charge in [0.15, 0.2) is 17.5 Å². The normalized spacial score (nSPS) is 16.5. The van der Waals surface area contributed by atoms with Crippen molar-refractivity contribution in [3.63, 3.8) is 0 Å². The van der Waals surface area contributed by atoms with Crippen molar-refractivity contribution in [1.82, 2.24) is 15.0 Å². The third kappa shape index (κ3) is 4.84. The third-order valence-electron chi connectivity index (χ3n) is 7.65. The maximum absolute atomic E-state index is 8.92. The van der Waals surface area contributed by atoms with Gasteiger partial charge >= 0.3 is 0 Å². The summed E-state index contributed by atoms with van der Waals surface area (Å²) in [7, 11) is 0. The van der Waals surface area contributed by atoms with Gasteiger partial charge in [0, 0.05) is 27.5 Å². The molecule has 0 bridgehead atoms. The van der Waals surface area contributed by atoms with Gasteiger partial charge in [-0.3, -0.25) is 0 Å². The molecule has 4 nitrogen and oxygen atoms in total. The second-order valence-corrected chi connectivity index (χ2v) is 10.4. The molecule has 0 aliphatic rings. The summed E-state index contributed by atoms with van der Waals surface area (Å²) in [6.45, 7) is 0. The highest BCUT2D eigenvalue weighted by atomic mass is 16.3. The molecule has 0 spiro atoms. The van der Waals surface area contributed by atoms with E-state index in [1.165, 1.54) is 0 Å². The Labute approximate surface area is 295 Å². The van der Waals surface area contributed by atoms with E-state index < -0.39 is 90.6 Å². The van der Waals surface area contributed by atoms with E-state index in [9.17, 15) is 0 Å². The number of hydrogen-bond acceptors (Lipinski definition) is 4. The topological polar surface area (TPSA) is 51.8 Å². The molecule has 0 fully saturated rings. The second kappa shape index (κ2) is 11.2. The molecule has 2 aromatic heterocycles. The van der Waals surface area contributed by atoms with E-state index >= 15 is 0 Å². The highest BCUT2D eigenvalue weighted by Gasteiger charge is 2.16. The van der Waals surface area contributed by atoms with Crippen molar-refractivity contribution in [3.8, 4) is 56.4 Å². The predicted octanol–water partition coefficient (Wildman–Crippen LogP) is 11.3. The highest BCUT2D eigenvalue weighted by molar-refractivity contribution is 6.12. The first-order valence-corrected chi connectivity index (χ1v) is 14.3. The summed E-state index contributed by atoms with van der Waals surface area (Å²) in [6.07, 6.45) is 0. The van der Waals surface area contributed by atoms with Gasteiger partial charge < -0.3 is 4.42 Å². The Morgan fingerprint density at radius 3 is 1.87 bits per heavy atom. The fourth-order valence-corrected chi connectivity index (χ4v) is 5.49. The van der Waals surface area contributed by atoms with Crippen molar-refractivity contribution in [1.29, 1.82) is 0 Å². The number of hydrogen-bond donors (Lipinski definition) is 0. The van der Waals surface area contributed by atoms with Gasteiger partial charge in [-0.25, -0.2) is 15.0 Å². The van der Waals surface area contributed by atoms with Crippen molar-refractivity contribution < 1.29 is 27.7 Å². The Morgan fingerprint density at radius 1 is 0.426 bits per heavy atom. The quantitative estimate of drug-likeness (QED) is 0.193. The van der Waals surface area contributed by atoms with E-state index in [-0.39, 0.29) is 68.2 Å². The zero-order valence-electron chi connectivity index (χ0n) is 41.0. The minimum absolute atomic E-state index is 0.00546. The van der Waals surface area contributed by atoms with Gasteiger partial charge in [-0.15, -0.1) is 0 Å². The average molecular weight is 619 g/mol. The average Bonchev–Trinajstić information content (AvgIpc) is 3.70. The van der Waals surface area contributed by atoms with Crippen LogP contribution in [0.15, 0.2) is 168 Å². The van der Waals surface area contributed by atoms with E-state index in [0.29, 0.717) is 33.0 Å². The molecule has 4 heteroatoms. The van der Waals surface area contributed by atoms with E-state index in [1.807, 2.05) is 0 Å². The van der Waals surface area contributed by atoms with Crippen LogP contribution in [0.25, 0.3) is 89.1 Å². The standard InChI is InChI=1S/C43H27N3O/c1-3-11-28(12-4-1)32-25-26-34-33(27-32)15-9-18-36(34)43-45-41(30-13-5-2-6-14-30)44-42(46-43)31-23-21-29(22-24-31)35-17-10-20-39-40(35)37-16-7-8-19-38(37)47-39/h1-27H/i1D,2D,3D,4D,5D,6D,7D,8D,10D,11D,12D,13D,14D,16D,17D,19D,20D. The summed E-state index contributed by atoms with van der Waals surface area (Å²) in [5, 5.41) is 1.12. The van der Waals surface area contributed by atoms with Crippen molar-refractivity contribution in [2.24, 2.45) is 0 Å². The second-order valence-electron chi connectivity index (χ2n) is 10.4. The molecule has 47 heavy (non-hydrogen) atoms. The molecule has 0 amide bonds. The van der Waals surface area contributed by atoms with Crippen LogP contribution in [0.1, 0.15) is 23.3 Å². The molecule has 9 rings (SSSR count). The lowest BCUT2D eigenvalue weighted by Crippen LogP contribution is -2.00. The van der Waals surface area contributed by atoms with Crippen molar-refractivity contribution in [2.75, 3.05) is 0 Å². The van der Waals surface area contributed by atoms with Crippen LogP contribution in [0, 0.1) is 0 Å². The monoisotopic (exact) mass is 618 g/mol. The molecule has 0 N–H and O–H groups in total. The number of fused-ring (bicyclic) bond motifs is 4. The first kappa shape index (κ1) is 14.8. The molecule has 0 saturated carbocycles. The molecule has 0 radical (unpaired) electrons. The van der Waals surface area contributed by atoms with Crippen LogP contribution in [0.4, 0.5) is 0 Å². The molecule has 7 aromatic carbocycles. The predicted molar refractivity (Wildman–Crippen MR) is 192 cm³/mol. The molecule has 0 saturated heterocycles. The number of nitrogens with zero attached hydrogens (tertiary/aromatic N) is 3. The summed E-state index contributed by atoms with van der Waals surface area (Å²) in [6, 6.07) is 7.71. The SMILES string of the molecule is [2H]c1c([2H])c([2H])c(-c2ccc3c(-c4nc(-c5ccc(-c6c([2H])c([2H])c([2H])c7oc8c([2H])c([2H])c([2H])c([2H])c8c67)cc5)nc(-c5c([2H])c([2H])c([2H])c([2H])c5[2H])n4)cccc3c2)c([2H])c1[2H]. The van der Waals surface area contributed by atoms with Crippen molar-refractivity contribution in [2.45, 2.75) is 0 Å². The van der Waals surface area contributed by atoms with Gasteiger partial charge in [0.25, 0.3) is 0 Å². The molecule has 2 heterocycles. The molecule has 9 aromatic rings. The van der Waals surface area contributed by atoms with Crippen LogP contribution in [0.5, 0.6) is 0 Å². The first-order chi connectivity index (χ1) is 30.3. The number of aromatic nitrogens is 3. The smallest absolute Gasteiger partial charge is 0.164 e. The van der Waals surface area contributed by atoms with Gasteiger partial charge in [0.1, 0.15) is 11.2 Å². The molecule has 0 aliphatic heterocycles. The first-order valence-electron chi connectivity index (χ1n) is 22.8. The summed E-state index contributed by atoms with van der Waals surface area (Å²) < 4.78 is 149. The lowest BCUT2D eigenvalue weighted by molar-refractivity contribution is 0.669. The zero-order chi connectivity index (χ0) is 46.0. The fourth-order valence-electron chi connectivity index (χ4n) is 5.49. The molecule has 220 valence electrons. The van der Waals surface area contributed by atoms with Crippen molar-refractivity contribution in [3.05, 3.63) is 163 Å². The zero-order valence-corrected chi connectivity index (χ0v) is 24.0. The van der Waals surface area contributed by atoms with Crippen LogP contribution >= 0.6 is 0 Å². The van der Waals surface area contributed by atoms with Crippen LogP contribution in [0.2, 0.25) is 0 Å². The fraction of sp³-hybridized carbons (Fsp3) is 0. The molecular formula is C43H27N3O. The van der Waals surface area contributed by atoms with E-state index in [0.717, 1.165) is 0 Å². The summed E-state index contributed by atoms with van der Waals surface area (Å²) >= 11 is 0. The Bertz CT molecular complexity index is 3480. The van der Waals surface area contributed by atoms with Gasteiger partial charge in [0.05, 0.1) is 23.3 Å². The van der Waals surface area contributed by atoms with Crippen LogP contribution in [-0.4, -0.2) is 15.0 Å². The van der Waals surface area contributed by atoms with E-state index in [2.05, 4.69) is 9.97 Å². The van der Waals surface area contributed by atoms with Gasteiger partial charge in [-0.05, 0) is 51.2 Å². The molecule has 0 atom stereocenters. The number of rotatable bonds is 5. The van der Waals surface area contributed by atoms with Gasteiger partial charge in [0.2, 0.25) is 0 Å². The van der Waals surface area contributed by atoms with Crippen LogP contribution in [-0.2, 0) is 0 Å². The minimum Gasteiger partial charge on any atom is -0.456 e. The lowest BCUT2D eigenvalue weighted by Gasteiger charge is -2.12. The van der Waals surface area contributed by atoms with Crippen molar-refractivity contribution >= 4 is 32.7 Å². The molecular weight excluding hydrogens is 574 g/mol. The van der Waals surface area contributed by atoms with Crippen LogP contribution < -0.4 is 0 Å². The largest absolute Gasteiger partial charge is 0.456 e. The number of furan rings is 1. The molecule has 0 unspecified atom stereocenters. The third-order valence-corrected chi connectivity index (χ3v) is 7.65. The van der Waals surface area contributed by atoms with Crippen LogP contribution in [0.3, 0.4) is 0 Å². The van der Waals surface area contributed by atoms with Gasteiger partial charge in [-0.1, -0.05) is 145 Å². The Morgan fingerprint density at radius 2 is 1.06 bits per heavy atom. The highest BCUT2D eigenvalue weighted by Crippen LogP contribution is 2.37. The minimum atomic E-state index is -0.619. The Balaban J connectivity index is 1.25. The van der Waals surface area contributed by atoms with E-state index in [1.54, 1.807) is 60.7 Å². The Kier molecular flexibility index (Phi) is 3.53. The summed E-state index contributed by atoms with van der Waals surface area (Å²) in [5.74, 6) is -0.239. The number of para-hydroxylation sites is 1. The number of benzene rings is 7. The van der Waals surface area contributed by atoms with E-state index in [4.69, 9.17) is 32.7 Å². The lowest BCUT2D eigenvalue weighted by atomic mass is 9.98. The molecule has 0 aliphatic carbocycles. The maximum Gasteiger partial charge on any atom is 0.164 e. The summed E-state index contributed by atoms with van der Waals surface area (Å²) in [5.41, 5.74) is 0.761. The maximum atomic E-state index is 8.92. The van der Waals surface area contributed by atoms with Gasteiger partial charge in [-0.2, -0.15) is 0 Å².